The van der Waals surface area contributed by atoms with E-state index in [-0.39, 0.29) is 31.8 Å². The first-order valence-electron chi connectivity index (χ1n) is 10.8. The van der Waals surface area contributed by atoms with Gasteiger partial charge < -0.3 is 13.7 Å². The summed E-state index contributed by atoms with van der Waals surface area (Å²) in [5.74, 6) is 0. The largest absolute Gasteiger partial charge is 3.00 e. The van der Waals surface area contributed by atoms with E-state index in [0.717, 1.165) is 36.0 Å². The molecule has 0 saturated carbocycles. The first kappa shape index (κ1) is 34.9. The topological polar surface area (TPSA) is 172 Å². The molecular weight excluding hydrogens is 584 g/mol. The average molecular weight is 612 g/mol. The number of aryl methyl sites for hydroxylation is 3. The van der Waals surface area contributed by atoms with Gasteiger partial charge in [-0.2, -0.15) is 0 Å². The maximum absolute atomic E-state index is 10.5. The molecule has 3 aromatic rings. The van der Waals surface area contributed by atoms with Crippen LogP contribution in [0, 0.1) is 0 Å². The van der Waals surface area contributed by atoms with Gasteiger partial charge in [0.25, 0.3) is 0 Å². The molecule has 3 rings (SSSR count). The number of hydrogen-bond donors (Lipinski definition) is 0. The van der Waals surface area contributed by atoms with Crippen molar-refractivity contribution in [3.63, 3.8) is 0 Å². The van der Waals surface area contributed by atoms with Crippen molar-refractivity contribution in [2.75, 3.05) is 0 Å². The second-order valence-electron chi connectivity index (χ2n) is 7.37. The van der Waals surface area contributed by atoms with Crippen LogP contribution in [-0.2, 0) is 66.7 Å². The number of hydrogen-bond acceptors (Lipinski definition) is 9. The van der Waals surface area contributed by atoms with Crippen molar-refractivity contribution in [3.05, 3.63) is 89.5 Å². The molecule has 1 radical (unpaired) electrons. The van der Waals surface area contributed by atoms with Gasteiger partial charge in [0.15, 0.2) is 0 Å². The Bertz CT molecular complexity index is 1290. The summed E-state index contributed by atoms with van der Waals surface area (Å²) in [4.78, 5) is -0.453. The summed E-state index contributed by atoms with van der Waals surface area (Å²) in [6.07, 6.45) is 2.18. The SMILES string of the molecule is CCc1cccc(S(=O)(=O)[O-])c1.CCc1cccc(S(=O)(=O)[O-])c1.CCc1cccc(S(=O)(=O)[O-])c1.[Fe+3]. The van der Waals surface area contributed by atoms with Gasteiger partial charge in [0.1, 0.15) is 30.4 Å². The second kappa shape index (κ2) is 15.4. The summed E-state index contributed by atoms with van der Waals surface area (Å²) in [6.45, 7) is 5.70. The van der Waals surface area contributed by atoms with Gasteiger partial charge in [-0.15, -0.1) is 0 Å². The van der Waals surface area contributed by atoms with Crippen LogP contribution in [0.3, 0.4) is 0 Å². The van der Waals surface area contributed by atoms with Gasteiger partial charge in [0, 0.05) is 0 Å². The fourth-order valence-corrected chi connectivity index (χ4v) is 4.39. The van der Waals surface area contributed by atoms with Crippen LogP contribution in [0.15, 0.2) is 87.5 Å². The van der Waals surface area contributed by atoms with Crippen molar-refractivity contribution in [1.29, 1.82) is 0 Å². The van der Waals surface area contributed by atoms with Crippen molar-refractivity contribution in [2.45, 2.75) is 54.7 Å². The molecule has 0 spiro atoms. The van der Waals surface area contributed by atoms with Gasteiger partial charge in [0.05, 0.1) is 14.7 Å². The normalized spacial score (nSPS) is 11.2. The molecule has 37 heavy (non-hydrogen) atoms. The van der Waals surface area contributed by atoms with E-state index in [1.807, 2.05) is 20.8 Å². The Balaban J connectivity index is 0.000000518. The van der Waals surface area contributed by atoms with E-state index in [1.54, 1.807) is 36.4 Å². The summed E-state index contributed by atoms with van der Waals surface area (Å²) in [5.41, 5.74) is 2.56. The van der Waals surface area contributed by atoms with Gasteiger partial charge in [-0.3, -0.25) is 0 Å². The third-order valence-electron chi connectivity index (χ3n) is 4.79. The van der Waals surface area contributed by atoms with Crippen LogP contribution < -0.4 is 0 Å². The molecule has 0 saturated heterocycles. The third-order valence-corrected chi connectivity index (χ3v) is 7.28. The van der Waals surface area contributed by atoms with Crippen LogP contribution in [-0.4, -0.2) is 38.9 Å². The molecular formula is C24H27FeO9S3. The quantitative estimate of drug-likeness (QED) is 0.299. The minimum Gasteiger partial charge on any atom is -0.744 e. The Morgan fingerprint density at radius 2 is 0.703 bits per heavy atom. The molecule has 0 amide bonds. The van der Waals surface area contributed by atoms with Crippen LogP contribution >= 0.6 is 0 Å². The van der Waals surface area contributed by atoms with Gasteiger partial charge in [-0.25, -0.2) is 25.3 Å². The van der Waals surface area contributed by atoms with E-state index in [4.69, 9.17) is 0 Å². The number of benzene rings is 3. The predicted octanol–water partition coefficient (Wildman–Crippen LogP) is 3.46. The fraction of sp³-hybridized carbons (Fsp3) is 0.250. The standard InChI is InChI=1S/3C8H10O3S.Fe/c3*1-2-7-4-3-5-8(6-7)12(9,10)11;/h3*3-6H,2H2,1H3,(H,9,10,11);/q;;;+3/p-3. The van der Waals surface area contributed by atoms with Crippen LogP contribution in [0.2, 0.25) is 0 Å². The van der Waals surface area contributed by atoms with Gasteiger partial charge in [0.2, 0.25) is 0 Å². The molecule has 0 bridgehead atoms. The molecule has 3 aromatic carbocycles. The summed E-state index contributed by atoms with van der Waals surface area (Å²) in [5, 5.41) is 0. The van der Waals surface area contributed by atoms with Crippen LogP contribution in [0.25, 0.3) is 0 Å². The summed E-state index contributed by atoms with van der Waals surface area (Å²) >= 11 is 0. The van der Waals surface area contributed by atoms with E-state index in [1.165, 1.54) is 36.4 Å². The monoisotopic (exact) mass is 611 g/mol. The molecule has 0 aliphatic carbocycles. The zero-order valence-corrected chi connectivity index (χ0v) is 23.9. The van der Waals surface area contributed by atoms with E-state index >= 15 is 0 Å². The van der Waals surface area contributed by atoms with Crippen molar-refractivity contribution in [3.8, 4) is 0 Å². The Hall–Kier alpha value is -2.09. The van der Waals surface area contributed by atoms with E-state index in [0.29, 0.717) is 0 Å². The maximum atomic E-state index is 10.5. The molecule has 0 aliphatic rings. The zero-order chi connectivity index (χ0) is 27.6. The number of rotatable bonds is 6. The van der Waals surface area contributed by atoms with Crippen LogP contribution in [0.4, 0.5) is 0 Å². The van der Waals surface area contributed by atoms with Gasteiger partial charge >= 0.3 is 17.1 Å². The zero-order valence-electron chi connectivity index (χ0n) is 20.3. The summed E-state index contributed by atoms with van der Waals surface area (Å²) in [6, 6.07) is 18.2. The maximum Gasteiger partial charge on any atom is 3.00 e. The molecule has 203 valence electrons. The molecule has 9 nitrogen and oxygen atoms in total. The molecule has 0 aromatic heterocycles. The van der Waals surface area contributed by atoms with Crippen molar-refractivity contribution >= 4 is 30.4 Å². The first-order chi connectivity index (χ1) is 16.6. The molecule has 0 unspecified atom stereocenters. The minimum atomic E-state index is -4.29. The first-order valence-corrected chi connectivity index (χ1v) is 15.0. The second-order valence-corrected chi connectivity index (χ2v) is 11.5. The third kappa shape index (κ3) is 12.8. The molecule has 0 fully saturated rings. The smallest absolute Gasteiger partial charge is 0.744 e. The molecule has 13 heteroatoms. The van der Waals surface area contributed by atoms with E-state index in [9.17, 15) is 38.9 Å². The summed E-state index contributed by atoms with van der Waals surface area (Å²) in [7, 11) is -12.9. The Labute approximate surface area is 229 Å². The fourth-order valence-electron chi connectivity index (χ4n) is 2.76. The van der Waals surface area contributed by atoms with E-state index < -0.39 is 30.4 Å². The summed E-state index contributed by atoms with van der Waals surface area (Å²) < 4.78 is 94.9. The van der Waals surface area contributed by atoms with Crippen LogP contribution in [0.1, 0.15) is 37.5 Å². The van der Waals surface area contributed by atoms with Crippen molar-refractivity contribution in [1.82, 2.24) is 0 Å². The molecule has 0 heterocycles. The van der Waals surface area contributed by atoms with Gasteiger partial charge in [-0.05, 0) is 72.4 Å². The predicted molar refractivity (Wildman–Crippen MR) is 131 cm³/mol. The van der Waals surface area contributed by atoms with Crippen LogP contribution in [0.5, 0.6) is 0 Å². The van der Waals surface area contributed by atoms with Gasteiger partial charge in [-0.1, -0.05) is 57.2 Å². The molecule has 0 atom stereocenters. The Morgan fingerprint density at radius 1 is 0.486 bits per heavy atom. The molecule has 0 aliphatic heterocycles. The minimum absolute atomic E-state index is 0. The Morgan fingerprint density at radius 3 is 0.865 bits per heavy atom. The average Bonchev–Trinajstić information content (AvgIpc) is 2.83. The van der Waals surface area contributed by atoms with E-state index in [2.05, 4.69) is 0 Å². The molecule has 0 N–H and O–H groups in total. The Kier molecular flexibility index (Phi) is 14.5. The van der Waals surface area contributed by atoms with Crippen molar-refractivity contribution in [2.24, 2.45) is 0 Å². The van der Waals surface area contributed by atoms with Crippen molar-refractivity contribution < 1.29 is 56.0 Å².